The number of rotatable bonds is 4. The number of carbonyl (C=O) groups excluding carboxylic acids is 1. The Kier molecular flexibility index (Phi) is 3.83. The van der Waals surface area contributed by atoms with Gasteiger partial charge >= 0.3 is 5.97 Å². The molecule has 2 aromatic heterocycles. The molecule has 20 heavy (non-hydrogen) atoms. The molecule has 0 spiro atoms. The van der Waals surface area contributed by atoms with Crippen molar-refractivity contribution in [2.45, 2.75) is 13.5 Å². The summed E-state index contributed by atoms with van der Waals surface area (Å²) in [6.45, 7) is 1.97. The number of ether oxygens (including phenoxy) is 1. The summed E-state index contributed by atoms with van der Waals surface area (Å²) < 4.78 is 7.50. The first kappa shape index (κ1) is 13.8. The molecule has 8 heteroatoms. The Morgan fingerprint density at radius 3 is 2.85 bits per heavy atom. The van der Waals surface area contributed by atoms with E-state index >= 15 is 0 Å². The van der Waals surface area contributed by atoms with E-state index in [-0.39, 0.29) is 24.3 Å². The molecule has 0 amide bonds. The summed E-state index contributed by atoms with van der Waals surface area (Å²) in [6.07, 6.45) is 1.37. The van der Waals surface area contributed by atoms with Gasteiger partial charge in [-0.3, -0.25) is 19.4 Å². The van der Waals surface area contributed by atoms with Crippen LogP contribution in [0.2, 0.25) is 0 Å². The number of H-pyrrole nitrogens is 1. The molecular weight excluding hydrogens is 264 g/mol. The standard InChI is InChI=1S/C12H14N4O4/c1-3-20-12(19)8-6-13-15(2)9(8)7-16-11(18)5-4-10(17)14-16/h4-6H,3,7H2,1-2H3,(H,14,17). The van der Waals surface area contributed by atoms with Gasteiger partial charge in [0.25, 0.3) is 11.1 Å². The molecule has 0 aliphatic carbocycles. The second-order valence-electron chi connectivity index (χ2n) is 4.08. The first-order valence-corrected chi connectivity index (χ1v) is 6.01. The van der Waals surface area contributed by atoms with Gasteiger partial charge in [0.2, 0.25) is 0 Å². The Labute approximate surface area is 113 Å². The minimum atomic E-state index is -0.512. The highest BCUT2D eigenvalue weighted by molar-refractivity contribution is 5.90. The largest absolute Gasteiger partial charge is 0.462 e. The Bertz CT molecular complexity index is 740. The van der Waals surface area contributed by atoms with E-state index in [0.717, 1.165) is 10.7 Å². The fourth-order valence-corrected chi connectivity index (χ4v) is 1.76. The second kappa shape index (κ2) is 5.55. The molecule has 0 bridgehead atoms. The van der Waals surface area contributed by atoms with Crippen molar-refractivity contribution in [2.24, 2.45) is 7.05 Å². The topological polar surface area (TPSA) is 99.0 Å². The number of aryl methyl sites for hydroxylation is 1. The minimum Gasteiger partial charge on any atom is -0.462 e. The highest BCUT2D eigenvalue weighted by Gasteiger charge is 2.17. The number of esters is 1. The van der Waals surface area contributed by atoms with Gasteiger partial charge in [-0.15, -0.1) is 0 Å². The van der Waals surface area contributed by atoms with Gasteiger partial charge in [0.05, 0.1) is 25.0 Å². The van der Waals surface area contributed by atoms with Crippen LogP contribution in [0.25, 0.3) is 0 Å². The first-order valence-electron chi connectivity index (χ1n) is 6.01. The van der Waals surface area contributed by atoms with Gasteiger partial charge in [0, 0.05) is 19.2 Å². The SMILES string of the molecule is CCOC(=O)c1cnn(C)c1Cn1[nH]c(=O)ccc1=O. The molecule has 0 radical (unpaired) electrons. The summed E-state index contributed by atoms with van der Waals surface area (Å²) in [6, 6.07) is 2.31. The Balaban J connectivity index is 2.41. The summed E-state index contributed by atoms with van der Waals surface area (Å²) in [5.41, 5.74) is -0.0246. The van der Waals surface area contributed by atoms with Crippen LogP contribution < -0.4 is 11.1 Å². The maximum atomic E-state index is 11.8. The number of hydrogen-bond donors (Lipinski definition) is 1. The van der Waals surface area contributed by atoms with Crippen molar-refractivity contribution in [3.05, 3.63) is 50.3 Å². The molecule has 0 saturated carbocycles. The number of aromatic nitrogens is 4. The van der Waals surface area contributed by atoms with Gasteiger partial charge in [-0.05, 0) is 6.92 Å². The predicted molar refractivity (Wildman–Crippen MR) is 69.6 cm³/mol. The van der Waals surface area contributed by atoms with Crippen molar-refractivity contribution < 1.29 is 9.53 Å². The zero-order valence-electron chi connectivity index (χ0n) is 11.1. The van der Waals surface area contributed by atoms with E-state index in [4.69, 9.17) is 4.74 Å². The van der Waals surface area contributed by atoms with Crippen LogP contribution in [0.1, 0.15) is 23.0 Å². The van der Waals surface area contributed by atoms with E-state index in [1.54, 1.807) is 14.0 Å². The van der Waals surface area contributed by atoms with Crippen molar-refractivity contribution in [2.75, 3.05) is 6.61 Å². The number of aromatic amines is 1. The summed E-state index contributed by atoms with van der Waals surface area (Å²) in [5, 5.41) is 6.37. The Hall–Kier alpha value is -2.64. The van der Waals surface area contributed by atoms with Crippen LogP contribution in [0.15, 0.2) is 27.9 Å². The number of hydrogen-bond acceptors (Lipinski definition) is 5. The third kappa shape index (κ3) is 2.68. The van der Waals surface area contributed by atoms with E-state index in [9.17, 15) is 14.4 Å². The van der Waals surface area contributed by atoms with Gasteiger partial charge in [0.1, 0.15) is 5.56 Å². The van der Waals surface area contributed by atoms with Crippen LogP contribution in [0.4, 0.5) is 0 Å². The average molecular weight is 278 g/mol. The molecule has 0 atom stereocenters. The normalized spacial score (nSPS) is 10.5. The van der Waals surface area contributed by atoms with Crippen LogP contribution in [0, 0.1) is 0 Å². The second-order valence-corrected chi connectivity index (χ2v) is 4.08. The zero-order chi connectivity index (χ0) is 14.7. The Morgan fingerprint density at radius 2 is 2.15 bits per heavy atom. The molecular formula is C12H14N4O4. The molecule has 0 saturated heterocycles. The monoisotopic (exact) mass is 278 g/mol. The van der Waals surface area contributed by atoms with E-state index in [1.165, 1.54) is 16.9 Å². The smallest absolute Gasteiger partial charge is 0.341 e. The molecule has 8 nitrogen and oxygen atoms in total. The summed E-state index contributed by atoms with van der Waals surface area (Å²) >= 11 is 0. The van der Waals surface area contributed by atoms with E-state index < -0.39 is 11.5 Å². The number of nitrogens with zero attached hydrogens (tertiary/aromatic N) is 3. The summed E-state index contributed by atoms with van der Waals surface area (Å²) in [5.74, 6) is -0.512. The summed E-state index contributed by atoms with van der Waals surface area (Å²) in [4.78, 5) is 34.7. The third-order valence-electron chi connectivity index (χ3n) is 2.75. The number of carbonyl (C=O) groups is 1. The lowest BCUT2D eigenvalue weighted by molar-refractivity contribution is 0.0524. The molecule has 1 N–H and O–H groups in total. The van der Waals surface area contributed by atoms with E-state index in [1.807, 2.05) is 0 Å². The Morgan fingerprint density at radius 1 is 1.40 bits per heavy atom. The van der Waals surface area contributed by atoms with Crippen molar-refractivity contribution in [1.82, 2.24) is 19.6 Å². The van der Waals surface area contributed by atoms with Crippen molar-refractivity contribution in [3.63, 3.8) is 0 Å². The molecule has 2 rings (SSSR count). The highest BCUT2D eigenvalue weighted by Crippen LogP contribution is 2.10. The fraction of sp³-hybridized carbons (Fsp3) is 0.333. The minimum absolute atomic E-state index is 0.0273. The van der Waals surface area contributed by atoms with Crippen molar-refractivity contribution >= 4 is 5.97 Å². The van der Waals surface area contributed by atoms with Gasteiger partial charge in [0.15, 0.2) is 0 Å². The lowest BCUT2D eigenvalue weighted by Crippen LogP contribution is -2.29. The molecule has 0 unspecified atom stereocenters. The fourth-order valence-electron chi connectivity index (χ4n) is 1.76. The maximum Gasteiger partial charge on any atom is 0.341 e. The van der Waals surface area contributed by atoms with E-state index in [0.29, 0.717) is 5.69 Å². The molecule has 2 heterocycles. The third-order valence-corrected chi connectivity index (χ3v) is 2.75. The predicted octanol–water partition coefficient (Wildman–Crippen LogP) is -0.505. The van der Waals surface area contributed by atoms with Crippen LogP contribution in [0.5, 0.6) is 0 Å². The highest BCUT2D eigenvalue weighted by atomic mass is 16.5. The van der Waals surface area contributed by atoms with Crippen LogP contribution >= 0.6 is 0 Å². The molecule has 0 aliphatic rings. The number of nitrogens with one attached hydrogen (secondary N) is 1. The maximum absolute atomic E-state index is 11.8. The van der Waals surface area contributed by atoms with Crippen molar-refractivity contribution in [1.29, 1.82) is 0 Å². The molecule has 2 aromatic rings. The summed E-state index contributed by atoms with van der Waals surface area (Å²) in [7, 11) is 1.64. The van der Waals surface area contributed by atoms with Crippen LogP contribution in [0.3, 0.4) is 0 Å². The van der Waals surface area contributed by atoms with E-state index in [2.05, 4.69) is 10.2 Å². The van der Waals surface area contributed by atoms with Crippen LogP contribution in [-0.4, -0.2) is 32.1 Å². The average Bonchev–Trinajstić information content (AvgIpc) is 2.76. The lowest BCUT2D eigenvalue weighted by Gasteiger charge is -2.08. The quantitative estimate of drug-likeness (QED) is 0.760. The molecule has 0 aliphatic heterocycles. The van der Waals surface area contributed by atoms with Gasteiger partial charge in [-0.2, -0.15) is 5.10 Å². The van der Waals surface area contributed by atoms with Crippen LogP contribution in [-0.2, 0) is 18.3 Å². The molecule has 0 fully saturated rings. The zero-order valence-corrected chi connectivity index (χ0v) is 11.1. The van der Waals surface area contributed by atoms with Gasteiger partial charge in [-0.25, -0.2) is 9.48 Å². The molecule has 106 valence electrons. The van der Waals surface area contributed by atoms with Gasteiger partial charge in [-0.1, -0.05) is 0 Å². The van der Waals surface area contributed by atoms with Gasteiger partial charge < -0.3 is 4.74 Å². The van der Waals surface area contributed by atoms with Crippen molar-refractivity contribution in [3.8, 4) is 0 Å². The first-order chi connectivity index (χ1) is 9.52. The lowest BCUT2D eigenvalue weighted by atomic mass is 10.2. The molecule has 0 aromatic carbocycles.